The predicted molar refractivity (Wildman–Crippen MR) is 53.8 cm³/mol. The lowest BCUT2D eigenvalue weighted by molar-refractivity contribution is -0.142. The molecule has 3 nitrogen and oxygen atoms in total. The molecule has 0 spiro atoms. The van der Waals surface area contributed by atoms with Crippen molar-refractivity contribution in [3.63, 3.8) is 0 Å². The van der Waals surface area contributed by atoms with Crippen LogP contribution in [0, 0.1) is 5.92 Å². The molecule has 0 fully saturated rings. The summed E-state index contributed by atoms with van der Waals surface area (Å²) in [6.45, 7) is 11.6. The number of nitrogens with zero attached hydrogens (tertiary/aromatic N) is 1. The van der Waals surface area contributed by atoms with Gasteiger partial charge in [-0.3, -0.25) is 9.69 Å². The van der Waals surface area contributed by atoms with E-state index in [1.165, 1.54) is 0 Å². The van der Waals surface area contributed by atoms with Crippen LogP contribution in [0.1, 0.15) is 34.6 Å². The Morgan fingerprint density at radius 3 is 2.15 bits per heavy atom. The SMILES string of the molecule is CCN(CC(C)C(=O)O)C(C)(C)C. The molecule has 0 aromatic rings. The minimum absolute atomic E-state index is 0.0540. The minimum Gasteiger partial charge on any atom is -0.481 e. The first kappa shape index (κ1) is 12.4. The zero-order chi connectivity index (χ0) is 10.6. The van der Waals surface area contributed by atoms with Crippen LogP contribution >= 0.6 is 0 Å². The van der Waals surface area contributed by atoms with Crippen LogP contribution < -0.4 is 0 Å². The van der Waals surface area contributed by atoms with Crippen molar-refractivity contribution in [2.75, 3.05) is 13.1 Å². The number of aliphatic carboxylic acids is 1. The second-order valence-corrected chi connectivity index (χ2v) is 4.45. The highest BCUT2D eigenvalue weighted by Gasteiger charge is 2.23. The first-order valence-electron chi connectivity index (χ1n) is 4.77. The molecule has 0 aliphatic carbocycles. The molecule has 0 aliphatic heterocycles. The zero-order valence-electron chi connectivity index (χ0n) is 9.29. The molecule has 0 aromatic carbocycles. The van der Waals surface area contributed by atoms with Crippen molar-refractivity contribution in [3.05, 3.63) is 0 Å². The lowest BCUT2D eigenvalue weighted by Gasteiger charge is -2.35. The van der Waals surface area contributed by atoms with Gasteiger partial charge in [0.15, 0.2) is 0 Å². The first-order chi connectivity index (χ1) is 5.79. The number of hydrogen-bond donors (Lipinski definition) is 1. The van der Waals surface area contributed by atoms with E-state index in [1.54, 1.807) is 6.92 Å². The molecule has 0 rings (SSSR count). The van der Waals surface area contributed by atoms with Crippen LogP contribution in [0.3, 0.4) is 0 Å². The van der Waals surface area contributed by atoms with Crippen LogP contribution in [0.4, 0.5) is 0 Å². The van der Waals surface area contributed by atoms with Crippen LogP contribution in [0.5, 0.6) is 0 Å². The van der Waals surface area contributed by atoms with Crippen molar-refractivity contribution in [1.29, 1.82) is 0 Å². The van der Waals surface area contributed by atoms with Crippen molar-refractivity contribution < 1.29 is 9.90 Å². The number of hydrogen-bond acceptors (Lipinski definition) is 2. The van der Waals surface area contributed by atoms with E-state index in [-0.39, 0.29) is 11.5 Å². The van der Waals surface area contributed by atoms with Gasteiger partial charge in [0, 0.05) is 12.1 Å². The Kier molecular flexibility index (Phi) is 4.40. The molecule has 1 atom stereocenters. The second-order valence-electron chi connectivity index (χ2n) is 4.45. The van der Waals surface area contributed by atoms with Crippen LogP contribution in [-0.2, 0) is 4.79 Å². The molecule has 0 saturated heterocycles. The van der Waals surface area contributed by atoms with Gasteiger partial charge in [-0.1, -0.05) is 13.8 Å². The maximum atomic E-state index is 10.7. The molecule has 78 valence electrons. The van der Waals surface area contributed by atoms with Gasteiger partial charge >= 0.3 is 5.97 Å². The van der Waals surface area contributed by atoms with Gasteiger partial charge in [0.05, 0.1) is 5.92 Å². The molecule has 3 heteroatoms. The van der Waals surface area contributed by atoms with Crippen molar-refractivity contribution in [2.45, 2.75) is 40.2 Å². The number of carbonyl (C=O) groups is 1. The molecular weight excluding hydrogens is 166 g/mol. The molecule has 1 N–H and O–H groups in total. The normalized spacial score (nSPS) is 14.6. The van der Waals surface area contributed by atoms with Crippen molar-refractivity contribution in [2.24, 2.45) is 5.92 Å². The molecule has 0 amide bonds. The minimum atomic E-state index is -0.720. The third kappa shape index (κ3) is 4.27. The maximum absolute atomic E-state index is 10.7. The van der Waals surface area contributed by atoms with E-state index in [0.717, 1.165) is 6.54 Å². The Morgan fingerprint density at radius 2 is 1.92 bits per heavy atom. The van der Waals surface area contributed by atoms with Crippen LogP contribution in [0.15, 0.2) is 0 Å². The van der Waals surface area contributed by atoms with Gasteiger partial charge in [-0.2, -0.15) is 0 Å². The summed E-state index contributed by atoms with van der Waals surface area (Å²) in [4.78, 5) is 12.8. The fourth-order valence-electron chi connectivity index (χ4n) is 1.29. The van der Waals surface area contributed by atoms with E-state index in [4.69, 9.17) is 5.11 Å². The van der Waals surface area contributed by atoms with Gasteiger partial charge in [0.1, 0.15) is 0 Å². The van der Waals surface area contributed by atoms with Crippen molar-refractivity contribution >= 4 is 5.97 Å². The summed E-state index contributed by atoms with van der Waals surface area (Å²) >= 11 is 0. The third-order valence-corrected chi connectivity index (χ3v) is 2.25. The predicted octanol–water partition coefficient (Wildman–Crippen LogP) is 1.83. The average molecular weight is 187 g/mol. The first-order valence-corrected chi connectivity index (χ1v) is 4.77. The highest BCUT2D eigenvalue weighted by Crippen LogP contribution is 2.14. The fourth-order valence-corrected chi connectivity index (χ4v) is 1.29. The maximum Gasteiger partial charge on any atom is 0.307 e. The lowest BCUT2D eigenvalue weighted by atomic mass is 10.0. The van der Waals surface area contributed by atoms with Gasteiger partial charge in [-0.05, 0) is 27.3 Å². The summed E-state index contributed by atoms with van der Waals surface area (Å²) in [5.74, 6) is -1.01. The lowest BCUT2D eigenvalue weighted by Crippen LogP contribution is -2.44. The standard InChI is InChI=1S/C10H21NO2/c1-6-11(10(3,4)5)7-8(2)9(12)13/h8H,6-7H2,1-5H3,(H,12,13). The van der Waals surface area contributed by atoms with E-state index in [2.05, 4.69) is 32.6 Å². The Hall–Kier alpha value is -0.570. The van der Waals surface area contributed by atoms with E-state index < -0.39 is 5.97 Å². The molecule has 0 heterocycles. The number of carboxylic acids is 1. The molecule has 0 aliphatic rings. The van der Waals surface area contributed by atoms with Gasteiger partial charge in [-0.25, -0.2) is 0 Å². The molecule has 0 saturated carbocycles. The summed E-state index contributed by atoms with van der Waals surface area (Å²) in [6.07, 6.45) is 0. The van der Waals surface area contributed by atoms with Gasteiger partial charge in [0.2, 0.25) is 0 Å². The molecule has 0 aromatic heterocycles. The third-order valence-electron chi connectivity index (χ3n) is 2.25. The number of carboxylic acid groups (broad SMARTS) is 1. The Morgan fingerprint density at radius 1 is 1.46 bits per heavy atom. The highest BCUT2D eigenvalue weighted by molar-refractivity contribution is 5.69. The molecule has 13 heavy (non-hydrogen) atoms. The Balaban J connectivity index is 4.22. The van der Waals surface area contributed by atoms with E-state index in [0.29, 0.717) is 6.54 Å². The summed E-state index contributed by atoms with van der Waals surface area (Å²) in [5, 5.41) is 8.77. The van der Waals surface area contributed by atoms with Gasteiger partial charge < -0.3 is 5.11 Å². The van der Waals surface area contributed by atoms with Crippen molar-refractivity contribution in [3.8, 4) is 0 Å². The van der Waals surface area contributed by atoms with E-state index >= 15 is 0 Å². The summed E-state index contributed by atoms with van der Waals surface area (Å²) in [5.41, 5.74) is 0.0540. The molecular formula is C10H21NO2. The molecule has 0 radical (unpaired) electrons. The fraction of sp³-hybridized carbons (Fsp3) is 0.900. The summed E-state index contributed by atoms with van der Waals surface area (Å²) in [6, 6.07) is 0. The quantitative estimate of drug-likeness (QED) is 0.730. The van der Waals surface area contributed by atoms with Crippen molar-refractivity contribution in [1.82, 2.24) is 4.90 Å². The van der Waals surface area contributed by atoms with Crippen LogP contribution in [-0.4, -0.2) is 34.6 Å². The topological polar surface area (TPSA) is 40.5 Å². The monoisotopic (exact) mass is 187 g/mol. The average Bonchev–Trinajstić information content (AvgIpc) is 1.96. The van der Waals surface area contributed by atoms with Gasteiger partial charge in [0.25, 0.3) is 0 Å². The number of rotatable bonds is 4. The molecule has 1 unspecified atom stereocenters. The molecule has 0 bridgehead atoms. The van der Waals surface area contributed by atoms with Crippen LogP contribution in [0.25, 0.3) is 0 Å². The van der Waals surface area contributed by atoms with Gasteiger partial charge in [-0.15, -0.1) is 0 Å². The van der Waals surface area contributed by atoms with E-state index in [1.807, 2.05) is 0 Å². The second kappa shape index (κ2) is 4.61. The summed E-state index contributed by atoms with van der Waals surface area (Å²) in [7, 11) is 0. The van der Waals surface area contributed by atoms with Crippen LogP contribution in [0.2, 0.25) is 0 Å². The smallest absolute Gasteiger partial charge is 0.307 e. The van der Waals surface area contributed by atoms with E-state index in [9.17, 15) is 4.79 Å². The Labute approximate surface area is 80.7 Å². The largest absolute Gasteiger partial charge is 0.481 e. The zero-order valence-corrected chi connectivity index (χ0v) is 9.29. The summed E-state index contributed by atoms with van der Waals surface area (Å²) < 4.78 is 0. The Bertz CT molecular complexity index is 172. The highest BCUT2D eigenvalue weighted by atomic mass is 16.4.